The van der Waals surface area contributed by atoms with Gasteiger partial charge < -0.3 is 26.2 Å². The average molecular weight is 666 g/mol. The van der Waals surface area contributed by atoms with E-state index in [1.54, 1.807) is 4.90 Å². The van der Waals surface area contributed by atoms with Gasteiger partial charge in [-0.15, -0.1) is 0 Å². The van der Waals surface area contributed by atoms with Gasteiger partial charge in [0.25, 0.3) is 11.8 Å². The van der Waals surface area contributed by atoms with Gasteiger partial charge in [0.2, 0.25) is 23.5 Å². The smallest absolute Gasteiger partial charge is 0.289 e. The van der Waals surface area contributed by atoms with Crippen molar-refractivity contribution in [2.75, 3.05) is 6.54 Å². The topological polar surface area (TPSA) is 180 Å². The lowest BCUT2D eigenvalue weighted by Gasteiger charge is -2.35. The van der Waals surface area contributed by atoms with Crippen LogP contribution >= 0.6 is 0 Å². The van der Waals surface area contributed by atoms with Crippen LogP contribution in [0.3, 0.4) is 0 Å². The van der Waals surface area contributed by atoms with E-state index in [1.165, 1.54) is 18.6 Å². The van der Waals surface area contributed by atoms with Crippen LogP contribution < -0.4 is 21.3 Å². The maximum absolute atomic E-state index is 14.4. The lowest BCUT2D eigenvalue weighted by Crippen LogP contribution is -2.60. The van der Waals surface area contributed by atoms with Crippen molar-refractivity contribution < 1.29 is 28.8 Å². The molecule has 0 aromatic carbocycles. The molecule has 4 aliphatic rings. The molecule has 1 saturated heterocycles. The Morgan fingerprint density at radius 1 is 0.896 bits per heavy atom. The fourth-order valence-electron chi connectivity index (χ4n) is 7.76. The molecule has 4 N–H and O–H groups in total. The molecular formula is C35H51N7O6. The van der Waals surface area contributed by atoms with E-state index in [2.05, 4.69) is 31.2 Å². The molecule has 0 spiro atoms. The standard InChI is InChI=1S/C35H51N7O6/c1-4-9-25(30(43)34(47)38-23-14-15-23)39-33(46)29-24-13-8-12-22(24)19-42(29)35(48)27(20(2)3)40-32(45)28(21-10-6-5-7-11-21)41-31(44)26-18-36-16-17-37-26/h16-18,20-25,27-29H,4-15,19H2,1-3H3,(H,38,47)(H,39,46)(H,40,45)(H,41,44)/t22-,24-,25?,27-,28-,29-/m0/s1. The second-order valence-electron chi connectivity index (χ2n) is 14.4. The van der Waals surface area contributed by atoms with Gasteiger partial charge in [-0.2, -0.15) is 0 Å². The van der Waals surface area contributed by atoms with Crippen LogP contribution in [0.5, 0.6) is 0 Å². The van der Waals surface area contributed by atoms with E-state index in [0.29, 0.717) is 19.4 Å². The summed E-state index contributed by atoms with van der Waals surface area (Å²) >= 11 is 0. The fourth-order valence-corrected chi connectivity index (χ4v) is 7.76. The monoisotopic (exact) mass is 665 g/mol. The van der Waals surface area contributed by atoms with E-state index in [4.69, 9.17) is 0 Å². The van der Waals surface area contributed by atoms with E-state index in [-0.39, 0.29) is 41.3 Å². The summed E-state index contributed by atoms with van der Waals surface area (Å²) in [6, 6.07) is -3.58. The summed E-state index contributed by atoms with van der Waals surface area (Å²) < 4.78 is 0. The molecule has 4 fully saturated rings. The molecule has 13 nitrogen and oxygen atoms in total. The number of amides is 5. The minimum Gasteiger partial charge on any atom is -0.347 e. The van der Waals surface area contributed by atoms with Gasteiger partial charge in [0.05, 0.1) is 12.2 Å². The van der Waals surface area contributed by atoms with E-state index < -0.39 is 53.6 Å². The SMILES string of the molecule is CCCC(NC(=O)[C@@H]1[C@H]2CCC[C@H]2CN1C(=O)[C@@H](NC(=O)[C@@H](NC(=O)c1cnccn1)C1CCCCC1)C(C)C)C(=O)C(=O)NC1CC1. The largest absolute Gasteiger partial charge is 0.347 e. The van der Waals surface area contributed by atoms with Crippen molar-refractivity contribution in [3.63, 3.8) is 0 Å². The number of carbonyl (C=O) groups excluding carboxylic acids is 6. The number of ketones is 1. The number of nitrogens with zero attached hydrogens (tertiary/aromatic N) is 3. The molecule has 48 heavy (non-hydrogen) atoms. The minimum atomic E-state index is -0.978. The molecular weight excluding hydrogens is 614 g/mol. The van der Waals surface area contributed by atoms with Crippen molar-refractivity contribution >= 4 is 35.3 Å². The molecule has 5 amide bonds. The third-order valence-corrected chi connectivity index (χ3v) is 10.5. The van der Waals surface area contributed by atoms with Crippen molar-refractivity contribution in [3.05, 3.63) is 24.3 Å². The number of fused-ring (bicyclic) bond motifs is 1. The van der Waals surface area contributed by atoms with Gasteiger partial charge in [-0.3, -0.25) is 33.8 Å². The highest BCUT2D eigenvalue weighted by molar-refractivity contribution is 6.38. The van der Waals surface area contributed by atoms with Crippen molar-refractivity contribution in [1.29, 1.82) is 0 Å². The number of Topliss-reactive ketones (excluding diaryl/α,β-unsaturated/α-hetero) is 1. The van der Waals surface area contributed by atoms with Gasteiger partial charge in [0.1, 0.15) is 23.8 Å². The second-order valence-corrected chi connectivity index (χ2v) is 14.4. The summed E-state index contributed by atoms with van der Waals surface area (Å²) in [4.78, 5) is 90.8. The maximum Gasteiger partial charge on any atom is 0.289 e. The van der Waals surface area contributed by atoms with Gasteiger partial charge in [0, 0.05) is 25.0 Å². The fraction of sp³-hybridized carbons (Fsp3) is 0.714. The van der Waals surface area contributed by atoms with Crippen LogP contribution in [0.2, 0.25) is 0 Å². The summed E-state index contributed by atoms with van der Waals surface area (Å²) in [6.07, 6.45) is 13.9. The molecule has 1 aromatic rings. The van der Waals surface area contributed by atoms with E-state index in [0.717, 1.165) is 64.2 Å². The molecule has 3 saturated carbocycles. The maximum atomic E-state index is 14.4. The van der Waals surface area contributed by atoms with Crippen molar-refractivity contribution in [2.24, 2.45) is 23.7 Å². The van der Waals surface area contributed by atoms with Crippen LogP contribution in [0.15, 0.2) is 18.6 Å². The molecule has 1 unspecified atom stereocenters. The average Bonchev–Trinajstić information content (AvgIpc) is 3.65. The van der Waals surface area contributed by atoms with Crippen LogP contribution in [0.1, 0.15) is 108 Å². The number of aromatic nitrogens is 2. The van der Waals surface area contributed by atoms with Crippen LogP contribution in [-0.4, -0.2) is 86.9 Å². The summed E-state index contributed by atoms with van der Waals surface area (Å²) in [5, 5.41) is 11.4. The zero-order valence-corrected chi connectivity index (χ0v) is 28.4. The molecule has 5 rings (SSSR count). The normalized spacial score (nSPS) is 24.2. The number of nitrogens with one attached hydrogen (secondary N) is 4. The number of likely N-dealkylation sites (tertiary alicyclic amines) is 1. The van der Waals surface area contributed by atoms with Gasteiger partial charge in [0.15, 0.2) is 0 Å². The molecule has 262 valence electrons. The van der Waals surface area contributed by atoms with Crippen molar-refractivity contribution in [3.8, 4) is 0 Å². The lowest BCUT2D eigenvalue weighted by molar-refractivity contribution is -0.145. The molecule has 1 aliphatic heterocycles. The number of carbonyl (C=O) groups is 6. The molecule has 0 radical (unpaired) electrons. The Bertz CT molecular complexity index is 1350. The van der Waals surface area contributed by atoms with Crippen LogP contribution in [0, 0.1) is 23.7 Å². The van der Waals surface area contributed by atoms with Gasteiger partial charge in [-0.25, -0.2) is 4.98 Å². The first-order valence-electron chi connectivity index (χ1n) is 17.9. The first-order chi connectivity index (χ1) is 23.1. The number of rotatable bonds is 14. The summed E-state index contributed by atoms with van der Waals surface area (Å²) in [5.41, 5.74) is 0.102. The Kier molecular flexibility index (Phi) is 11.8. The van der Waals surface area contributed by atoms with Crippen molar-refractivity contribution in [2.45, 2.75) is 128 Å². The highest BCUT2D eigenvalue weighted by Crippen LogP contribution is 2.43. The quantitative estimate of drug-likeness (QED) is 0.218. The third-order valence-electron chi connectivity index (χ3n) is 10.5. The van der Waals surface area contributed by atoms with Gasteiger partial charge in [-0.05, 0) is 68.6 Å². The molecule has 2 heterocycles. The Morgan fingerprint density at radius 2 is 1.65 bits per heavy atom. The van der Waals surface area contributed by atoms with Crippen LogP contribution in [0.4, 0.5) is 0 Å². The summed E-state index contributed by atoms with van der Waals surface area (Å²) in [5.74, 6) is -3.45. The Morgan fingerprint density at radius 3 is 2.29 bits per heavy atom. The third kappa shape index (κ3) is 8.38. The summed E-state index contributed by atoms with van der Waals surface area (Å²) in [7, 11) is 0. The first-order valence-corrected chi connectivity index (χ1v) is 17.9. The van der Waals surface area contributed by atoms with Crippen LogP contribution in [0.25, 0.3) is 0 Å². The predicted octanol–water partition coefficient (Wildman–Crippen LogP) is 2.06. The highest BCUT2D eigenvalue weighted by atomic mass is 16.2. The van der Waals surface area contributed by atoms with E-state index >= 15 is 0 Å². The zero-order chi connectivity index (χ0) is 34.4. The molecule has 3 aliphatic carbocycles. The first kappa shape index (κ1) is 35.4. The molecule has 0 bridgehead atoms. The molecule has 13 heteroatoms. The lowest BCUT2D eigenvalue weighted by atomic mass is 9.83. The second kappa shape index (κ2) is 16.0. The Hall–Kier alpha value is -3.90. The Labute approximate surface area is 282 Å². The van der Waals surface area contributed by atoms with Gasteiger partial charge >= 0.3 is 0 Å². The number of hydrogen-bond donors (Lipinski definition) is 4. The summed E-state index contributed by atoms with van der Waals surface area (Å²) in [6.45, 7) is 5.95. The molecule has 1 aromatic heterocycles. The number of hydrogen-bond acceptors (Lipinski definition) is 8. The van der Waals surface area contributed by atoms with Crippen molar-refractivity contribution in [1.82, 2.24) is 36.1 Å². The highest BCUT2D eigenvalue weighted by Gasteiger charge is 2.51. The van der Waals surface area contributed by atoms with Gasteiger partial charge in [-0.1, -0.05) is 52.9 Å². The van der Waals surface area contributed by atoms with E-state index in [1.807, 2.05) is 20.8 Å². The minimum absolute atomic E-state index is 0.0165. The van der Waals surface area contributed by atoms with E-state index in [9.17, 15) is 28.8 Å². The zero-order valence-electron chi connectivity index (χ0n) is 28.4. The van der Waals surface area contributed by atoms with Crippen LogP contribution in [-0.2, 0) is 24.0 Å². The Balaban J connectivity index is 1.33. The predicted molar refractivity (Wildman–Crippen MR) is 176 cm³/mol. The molecule has 6 atom stereocenters.